The first kappa shape index (κ1) is 27.1. The number of hydrogen-bond acceptors (Lipinski definition) is 7. The molecule has 0 aliphatic rings. The molecule has 0 aliphatic heterocycles. The van der Waals surface area contributed by atoms with Gasteiger partial charge >= 0.3 is 0 Å². The van der Waals surface area contributed by atoms with Gasteiger partial charge in [-0.1, -0.05) is 48.5 Å². The van der Waals surface area contributed by atoms with Gasteiger partial charge in [0.2, 0.25) is 0 Å². The van der Waals surface area contributed by atoms with Gasteiger partial charge in [0.05, 0.1) is 11.4 Å². The normalized spacial score (nSPS) is 10.5. The van der Waals surface area contributed by atoms with Crippen molar-refractivity contribution in [1.29, 1.82) is 0 Å². The highest BCUT2D eigenvalue weighted by atomic mass is 16.5. The van der Waals surface area contributed by atoms with Crippen molar-refractivity contribution in [3.8, 4) is 57.5 Å². The van der Waals surface area contributed by atoms with Crippen molar-refractivity contribution in [3.05, 3.63) is 146 Å². The van der Waals surface area contributed by atoms with Crippen molar-refractivity contribution < 1.29 is 23.7 Å². The van der Waals surface area contributed by atoms with Crippen molar-refractivity contribution in [2.45, 2.75) is 0 Å². The van der Waals surface area contributed by atoms with Gasteiger partial charge in [0, 0.05) is 0 Å². The van der Waals surface area contributed by atoms with Crippen molar-refractivity contribution in [2.75, 3.05) is 11.5 Å². The van der Waals surface area contributed by atoms with Crippen LogP contribution in [-0.4, -0.2) is 0 Å². The molecule has 7 heteroatoms. The zero-order valence-electron chi connectivity index (χ0n) is 23.1. The van der Waals surface area contributed by atoms with E-state index >= 15 is 0 Å². The van der Waals surface area contributed by atoms with E-state index in [1.807, 2.05) is 133 Å². The summed E-state index contributed by atoms with van der Waals surface area (Å²) < 4.78 is 30.4. The fraction of sp³-hybridized carbons (Fsp3) is 0. The van der Waals surface area contributed by atoms with Crippen LogP contribution in [0.4, 0.5) is 11.4 Å². The lowest BCUT2D eigenvalue weighted by Gasteiger charge is -2.15. The van der Waals surface area contributed by atoms with Gasteiger partial charge in [0.15, 0.2) is 23.0 Å². The topological polar surface area (TPSA) is 98.2 Å². The molecule has 0 atom stereocenters. The van der Waals surface area contributed by atoms with Gasteiger partial charge in [0.1, 0.15) is 34.5 Å². The Bertz CT molecular complexity index is 1690. The molecule has 212 valence electrons. The molecule has 43 heavy (non-hydrogen) atoms. The quantitative estimate of drug-likeness (QED) is 0.159. The number of hydrogen-bond donors (Lipinski definition) is 2. The number of para-hydroxylation sites is 8. The first-order chi connectivity index (χ1) is 21.1. The minimum atomic E-state index is 0.528. The molecule has 6 aromatic carbocycles. The van der Waals surface area contributed by atoms with E-state index in [4.69, 9.17) is 35.2 Å². The SMILES string of the molecule is Nc1ccccc1Oc1ccc(Oc2ccccc2Oc2ccccc2Oc2ccc(Oc3ccccc3N)cc2)cc1. The van der Waals surface area contributed by atoms with Crippen LogP contribution in [0, 0.1) is 0 Å². The molecule has 0 heterocycles. The van der Waals surface area contributed by atoms with Crippen LogP contribution in [0.1, 0.15) is 0 Å². The maximum Gasteiger partial charge on any atom is 0.170 e. The van der Waals surface area contributed by atoms with Crippen LogP contribution in [0.3, 0.4) is 0 Å². The summed E-state index contributed by atoms with van der Waals surface area (Å²) in [6.07, 6.45) is 0. The molecule has 0 radical (unpaired) electrons. The van der Waals surface area contributed by atoms with Gasteiger partial charge in [-0.05, 0) is 97.1 Å². The molecule has 6 rings (SSSR count). The molecule has 0 unspecified atom stereocenters. The molecule has 0 saturated heterocycles. The fourth-order valence-corrected chi connectivity index (χ4v) is 4.16. The molecule has 0 fully saturated rings. The summed E-state index contributed by atoms with van der Waals surface area (Å²) >= 11 is 0. The molecule has 0 aromatic heterocycles. The maximum atomic E-state index is 6.29. The van der Waals surface area contributed by atoms with E-state index in [0.29, 0.717) is 68.9 Å². The zero-order chi connectivity index (χ0) is 29.4. The second kappa shape index (κ2) is 12.6. The van der Waals surface area contributed by atoms with E-state index < -0.39 is 0 Å². The van der Waals surface area contributed by atoms with E-state index in [0.717, 1.165) is 0 Å². The molecular formula is C36H28N2O5. The van der Waals surface area contributed by atoms with Crippen LogP contribution in [0.15, 0.2) is 146 Å². The Balaban J connectivity index is 1.14. The molecule has 0 amide bonds. The third kappa shape index (κ3) is 6.81. The van der Waals surface area contributed by atoms with E-state index in [1.54, 1.807) is 12.1 Å². The minimum absolute atomic E-state index is 0.528. The van der Waals surface area contributed by atoms with Crippen LogP contribution in [0.25, 0.3) is 0 Å². The standard InChI is InChI=1S/C36H28N2O5/c37-29-9-1-3-11-31(29)39-25-17-21-27(22-18-25)41-33-13-5-7-15-35(33)43-36-16-8-6-14-34(36)42-28-23-19-26(20-24-28)40-32-12-4-2-10-30(32)38/h1-24H,37-38H2. The predicted octanol–water partition coefficient (Wildman–Crippen LogP) is 9.81. The number of ether oxygens (including phenoxy) is 5. The second-order valence-corrected chi connectivity index (χ2v) is 9.42. The van der Waals surface area contributed by atoms with E-state index in [-0.39, 0.29) is 0 Å². The lowest BCUT2D eigenvalue weighted by Crippen LogP contribution is -1.94. The maximum absolute atomic E-state index is 6.29. The van der Waals surface area contributed by atoms with Gasteiger partial charge in [-0.25, -0.2) is 0 Å². The van der Waals surface area contributed by atoms with E-state index in [1.165, 1.54) is 0 Å². The summed E-state index contributed by atoms with van der Waals surface area (Å²) in [5, 5.41) is 0. The van der Waals surface area contributed by atoms with Crippen LogP contribution in [-0.2, 0) is 0 Å². The highest BCUT2D eigenvalue weighted by Crippen LogP contribution is 2.40. The Kier molecular flexibility index (Phi) is 7.95. The molecule has 4 N–H and O–H groups in total. The van der Waals surface area contributed by atoms with Crippen molar-refractivity contribution >= 4 is 11.4 Å². The van der Waals surface area contributed by atoms with Crippen molar-refractivity contribution in [1.82, 2.24) is 0 Å². The molecular weight excluding hydrogens is 540 g/mol. The Labute approximate surface area is 249 Å². The summed E-state index contributed by atoms with van der Waals surface area (Å²) in [4.78, 5) is 0. The van der Waals surface area contributed by atoms with Crippen molar-refractivity contribution in [3.63, 3.8) is 0 Å². The van der Waals surface area contributed by atoms with E-state index in [9.17, 15) is 0 Å². The van der Waals surface area contributed by atoms with Crippen LogP contribution < -0.4 is 35.2 Å². The average molecular weight is 569 g/mol. The first-order valence-electron chi connectivity index (χ1n) is 13.6. The molecule has 0 aliphatic carbocycles. The van der Waals surface area contributed by atoms with Crippen LogP contribution in [0.2, 0.25) is 0 Å². The Hall–Kier alpha value is -6.08. The monoisotopic (exact) mass is 568 g/mol. The lowest BCUT2D eigenvalue weighted by atomic mass is 10.2. The Morgan fingerprint density at radius 3 is 0.791 bits per heavy atom. The van der Waals surface area contributed by atoms with Crippen LogP contribution >= 0.6 is 0 Å². The summed E-state index contributed by atoms with van der Waals surface area (Å²) in [5.74, 6) is 5.85. The third-order valence-electron chi connectivity index (χ3n) is 6.31. The summed E-state index contributed by atoms with van der Waals surface area (Å²) in [7, 11) is 0. The summed E-state index contributed by atoms with van der Waals surface area (Å²) in [6.45, 7) is 0. The predicted molar refractivity (Wildman–Crippen MR) is 168 cm³/mol. The van der Waals surface area contributed by atoms with Gasteiger partial charge in [0.25, 0.3) is 0 Å². The number of benzene rings is 6. The minimum Gasteiger partial charge on any atom is -0.455 e. The third-order valence-corrected chi connectivity index (χ3v) is 6.31. The summed E-state index contributed by atoms with van der Waals surface area (Å²) in [6, 6.07) is 44.1. The number of nitrogen functional groups attached to an aromatic ring is 2. The largest absolute Gasteiger partial charge is 0.455 e. The highest BCUT2D eigenvalue weighted by Gasteiger charge is 2.12. The molecule has 0 spiro atoms. The second-order valence-electron chi connectivity index (χ2n) is 9.42. The summed E-state index contributed by atoms with van der Waals surface area (Å²) in [5.41, 5.74) is 13.1. The average Bonchev–Trinajstić information content (AvgIpc) is 3.03. The number of nitrogens with two attached hydrogens (primary N) is 2. The molecule has 0 saturated carbocycles. The first-order valence-corrected chi connectivity index (χ1v) is 13.6. The molecule has 6 aromatic rings. The number of anilines is 2. The van der Waals surface area contributed by atoms with E-state index in [2.05, 4.69) is 0 Å². The smallest absolute Gasteiger partial charge is 0.170 e. The zero-order valence-corrected chi connectivity index (χ0v) is 23.1. The lowest BCUT2D eigenvalue weighted by molar-refractivity contribution is 0.393. The molecule has 7 nitrogen and oxygen atoms in total. The van der Waals surface area contributed by atoms with Gasteiger partial charge in [-0.15, -0.1) is 0 Å². The van der Waals surface area contributed by atoms with Gasteiger partial charge in [-0.2, -0.15) is 0 Å². The van der Waals surface area contributed by atoms with Gasteiger partial charge < -0.3 is 35.2 Å². The van der Waals surface area contributed by atoms with Crippen molar-refractivity contribution in [2.24, 2.45) is 0 Å². The molecule has 0 bridgehead atoms. The Morgan fingerprint density at radius 1 is 0.256 bits per heavy atom. The number of rotatable bonds is 10. The van der Waals surface area contributed by atoms with Crippen LogP contribution in [0.5, 0.6) is 57.5 Å². The fourth-order valence-electron chi connectivity index (χ4n) is 4.16. The highest BCUT2D eigenvalue weighted by molar-refractivity contribution is 5.55. The van der Waals surface area contributed by atoms with Gasteiger partial charge in [-0.3, -0.25) is 0 Å². The Morgan fingerprint density at radius 2 is 0.488 bits per heavy atom.